The molecule has 13 heavy (non-hydrogen) atoms. The Balaban J connectivity index is 2.12. The van der Waals surface area contributed by atoms with Gasteiger partial charge in [0, 0.05) is 5.75 Å². The molecule has 0 aromatic rings. The molecule has 1 fully saturated rings. The summed E-state index contributed by atoms with van der Waals surface area (Å²) >= 11 is 0. The van der Waals surface area contributed by atoms with Gasteiger partial charge in [0.1, 0.15) is 6.04 Å². The summed E-state index contributed by atoms with van der Waals surface area (Å²) in [4.78, 5) is 0. The van der Waals surface area contributed by atoms with Crippen LogP contribution in [0.2, 0.25) is 0 Å². The Kier molecular flexibility index (Phi) is 2.43. The number of nitrogens with zero attached hydrogens (tertiary/aromatic N) is 1. The third kappa shape index (κ3) is 2.11. The van der Waals surface area contributed by atoms with Crippen molar-refractivity contribution in [3.63, 3.8) is 0 Å². The van der Waals surface area contributed by atoms with Crippen LogP contribution in [0, 0.1) is 0 Å². The van der Waals surface area contributed by atoms with E-state index in [9.17, 15) is 4.21 Å². The van der Waals surface area contributed by atoms with E-state index in [0.717, 1.165) is 12.2 Å². The highest BCUT2D eigenvalue weighted by atomic mass is 32.2. The number of allylic oxidation sites excluding steroid dienone is 1. The van der Waals surface area contributed by atoms with Crippen LogP contribution in [0.3, 0.4) is 0 Å². The highest BCUT2D eigenvalue weighted by Gasteiger charge is 2.21. The molecule has 74 valence electrons. The van der Waals surface area contributed by atoms with Gasteiger partial charge in [-0.25, -0.2) is 8.57 Å². The molecule has 1 saturated heterocycles. The van der Waals surface area contributed by atoms with E-state index in [1.807, 2.05) is 0 Å². The highest BCUT2D eigenvalue weighted by molar-refractivity contribution is 7.93. The molecule has 1 atom stereocenters. The van der Waals surface area contributed by atoms with Crippen molar-refractivity contribution in [2.75, 3.05) is 24.7 Å². The molecule has 0 aromatic heterocycles. The highest BCUT2D eigenvalue weighted by Crippen LogP contribution is 2.17. The lowest BCUT2D eigenvalue weighted by Crippen LogP contribution is -2.33. The molecule has 0 bridgehead atoms. The van der Waals surface area contributed by atoms with Crippen LogP contribution in [0.25, 0.3) is 0 Å². The zero-order valence-electron chi connectivity index (χ0n) is 7.86. The summed E-state index contributed by atoms with van der Waals surface area (Å²) in [7, 11) is -1.91. The fourth-order valence-electron chi connectivity index (χ4n) is 1.43. The maximum Gasteiger partial charge on any atom is 0.106 e. The average molecular weight is 201 g/mol. The van der Waals surface area contributed by atoms with Gasteiger partial charge in [-0.1, -0.05) is 11.6 Å². The van der Waals surface area contributed by atoms with Crippen LogP contribution in [0.4, 0.5) is 0 Å². The maximum absolute atomic E-state index is 12.1. The second-order valence-corrected chi connectivity index (χ2v) is 6.24. The van der Waals surface area contributed by atoms with Gasteiger partial charge in [0.15, 0.2) is 0 Å². The monoisotopic (exact) mass is 201 g/mol. The molecular formula is C9H15NO2S. The standard InChI is InChI=1S/C9H15NO2S/c1-8-2-4-13(11,5-3-8)10-9-6-12-7-9/h2,9H,3-7H2,1H3. The Morgan fingerprint density at radius 2 is 2.38 bits per heavy atom. The lowest BCUT2D eigenvalue weighted by Gasteiger charge is -2.24. The van der Waals surface area contributed by atoms with E-state index in [-0.39, 0.29) is 6.04 Å². The number of ether oxygens (including phenoxy) is 1. The van der Waals surface area contributed by atoms with Crippen LogP contribution in [-0.2, 0) is 14.5 Å². The molecule has 0 aliphatic carbocycles. The predicted octanol–water partition coefficient (Wildman–Crippen LogP) is 1.20. The molecule has 0 aromatic carbocycles. The molecule has 0 amide bonds. The number of hydrogen-bond acceptors (Lipinski definition) is 3. The van der Waals surface area contributed by atoms with E-state index in [0.29, 0.717) is 19.0 Å². The molecule has 2 aliphatic heterocycles. The third-order valence-electron chi connectivity index (χ3n) is 2.47. The van der Waals surface area contributed by atoms with E-state index >= 15 is 0 Å². The molecule has 0 N–H and O–H groups in total. The van der Waals surface area contributed by atoms with Crippen molar-refractivity contribution in [2.45, 2.75) is 19.4 Å². The summed E-state index contributed by atoms with van der Waals surface area (Å²) in [6.07, 6.45) is 3.00. The largest absolute Gasteiger partial charge is 0.377 e. The van der Waals surface area contributed by atoms with Gasteiger partial charge in [-0.3, -0.25) is 0 Å². The minimum absolute atomic E-state index is 0.208. The van der Waals surface area contributed by atoms with E-state index in [4.69, 9.17) is 4.74 Å². The molecule has 2 heterocycles. The van der Waals surface area contributed by atoms with E-state index in [1.54, 1.807) is 0 Å². The van der Waals surface area contributed by atoms with Crippen molar-refractivity contribution in [3.8, 4) is 0 Å². The summed E-state index contributed by atoms with van der Waals surface area (Å²) in [6, 6.07) is 0.208. The van der Waals surface area contributed by atoms with E-state index < -0.39 is 9.73 Å². The van der Waals surface area contributed by atoms with Crippen LogP contribution >= 0.6 is 0 Å². The van der Waals surface area contributed by atoms with Gasteiger partial charge in [-0.2, -0.15) is 0 Å². The smallest absolute Gasteiger partial charge is 0.106 e. The summed E-state index contributed by atoms with van der Waals surface area (Å²) in [5, 5.41) is 0. The lowest BCUT2D eigenvalue weighted by molar-refractivity contribution is 0.0140. The second-order valence-electron chi connectivity index (χ2n) is 3.74. The minimum Gasteiger partial charge on any atom is -0.377 e. The van der Waals surface area contributed by atoms with Crippen LogP contribution < -0.4 is 0 Å². The zero-order valence-corrected chi connectivity index (χ0v) is 8.68. The van der Waals surface area contributed by atoms with Crippen LogP contribution in [0.1, 0.15) is 13.3 Å². The van der Waals surface area contributed by atoms with Crippen molar-refractivity contribution in [2.24, 2.45) is 4.36 Å². The summed E-state index contributed by atoms with van der Waals surface area (Å²) in [6.45, 7) is 3.42. The molecular weight excluding hydrogens is 186 g/mol. The Labute approximate surface area is 79.3 Å². The van der Waals surface area contributed by atoms with Crippen molar-refractivity contribution < 1.29 is 8.95 Å². The second kappa shape index (κ2) is 3.42. The van der Waals surface area contributed by atoms with Crippen molar-refractivity contribution in [1.82, 2.24) is 0 Å². The van der Waals surface area contributed by atoms with Crippen LogP contribution in [-0.4, -0.2) is 35.0 Å². The third-order valence-corrected chi connectivity index (χ3v) is 4.68. The molecule has 0 radical (unpaired) electrons. The normalized spacial score (nSPS) is 35.0. The first-order chi connectivity index (χ1) is 6.18. The quantitative estimate of drug-likeness (QED) is 0.598. The van der Waals surface area contributed by atoms with Crippen molar-refractivity contribution >= 4 is 9.73 Å². The van der Waals surface area contributed by atoms with Crippen molar-refractivity contribution in [1.29, 1.82) is 0 Å². The van der Waals surface area contributed by atoms with Gasteiger partial charge < -0.3 is 4.74 Å². The molecule has 0 spiro atoms. The molecule has 3 nitrogen and oxygen atoms in total. The van der Waals surface area contributed by atoms with E-state index in [1.165, 1.54) is 5.57 Å². The van der Waals surface area contributed by atoms with Gasteiger partial charge in [0.2, 0.25) is 0 Å². The fraction of sp³-hybridized carbons (Fsp3) is 0.778. The average Bonchev–Trinajstić information content (AvgIpc) is 2.05. The fourth-order valence-corrected chi connectivity index (χ4v) is 3.64. The van der Waals surface area contributed by atoms with Gasteiger partial charge >= 0.3 is 0 Å². The predicted molar refractivity (Wildman–Crippen MR) is 53.3 cm³/mol. The summed E-state index contributed by atoms with van der Waals surface area (Å²) in [5.41, 5.74) is 1.35. The summed E-state index contributed by atoms with van der Waals surface area (Å²) < 4.78 is 21.5. The molecule has 4 heteroatoms. The van der Waals surface area contributed by atoms with Crippen LogP contribution in [0.15, 0.2) is 16.0 Å². The van der Waals surface area contributed by atoms with Gasteiger partial charge in [0.05, 0.1) is 28.7 Å². The zero-order chi connectivity index (χ0) is 9.31. The topological polar surface area (TPSA) is 38.7 Å². The van der Waals surface area contributed by atoms with Crippen LogP contribution in [0.5, 0.6) is 0 Å². The SMILES string of the molecule is CC1=CCS(=O)(=NC2COC2)CC1. The molecule has 2 rings (SSSR count). The Hall–Kier alpha value is -0.350. The first-order valence-electron chi connectivity index (χ1n) is 4.63. The molecule has 2 aliphatic rings. The van der Waals surface area contributed by atoms with Crippen molar-refractivity contribution in [3.05, 3.63) is 11.6 Å². The first kappa shape index (κ1) is 9.21. The number of rotatable bonds is 1. The Morgan fingerprint density at radius 3 is 2.85 bits per heavy atom. The van der Waals surface area contributed by atoms with Gasteiger partial charge in [-0.05, 0) is 13.3 Å². The molecule has 0 saturated carbocycles. The van der Waals surface area contributed by atoms with Gasteiger partial charge in [0.25, 0.3) is 0 Å². The maximum atomic E-state index is 12.1. The lowest BCUT2D eigenvalue weighted by atomic mass is 10.2. The number of hydrogen-bond donors (Lipinski definition) is 0. The van der Waals surface area contributed by atoms with E-state index in [2.05, 4.69) is 17.4 Å². The summed E-state index contributed by atoms with van der Waals surface area (Å²) in [5.74, 6) is 1.39. The van der Waals surface area contributed by atoms with Gasteiger partial charge in [-0.15, -0.1) is 0 Å². The Morgan fingerprint density at radius 1 is 1.62 bits per heavy atom. The first-order valence-corrected chi connectivity index (χ1v) is 6.48. The molecule has 1 unspecified atom stereocenters. The Bertz CT molecular complexity index is 336. The minimum atomic E-state index is -1.91.